The number of hydrogen-bond donors (Lipinski definition) is 1. The minimum absolute atomic E-state index is 0.0000423. The highest BCUT2D eigenvalue weighted by atomic mass is 32.2. The van der Waals surface area contributed by atoms with Crippen molar-refractivity contribution in [1.29, 1.82) is 0 Å². The Hall–Kier alpha value is -3.18. The van der Waals surface area contributed by atoms with Crippen molar-refractivity contribution < 1.29 is 22.8 Å². The van der Waals surface area contributed by atoms with Gasteiger partial charge in [-0.15, -0.1) is 0 Å². The molecular weight excluding hydrogens is 470 g/mol. The first-order chi connectivity index (χ1) is 16.6. The maximum atomic E-state index is 13.2. The third-order valence-corrected chi connectivity index (χ3v) is 9.15. The van der Waals surface area contributed by atoms with E-state index in [4.69, 9.17) is 5.73 Å². The summed E-state index contributed by atoms with van der Waals surface area (Å²) in [6.45, 7) is 1.12. The largest absolute Gasteiger partial charge is 0.364 e. The predicted molar refractivity (Wildman–Crippen MR) is 128 cm³/mol. The highest BCUT2D eigenvalue weighted by molar-refractivity contribution is 7.89. The molecule has 2 aliphatic heterocycles. The highest BCUT2D eigenvalue weighted by Gasteiger charge is 2.39. The van der Waals surface area contributed by atoms with Gasteiger partial charge in [-0.3, -0.25) is 14.4 Å². The first-order valence-electron chi connectivity index (χ1n) is 11.8. The molecule has 2 fully saturated rings. The number of rotatable bonds is 5. The fourth-order valence-corrected chi connectivity index (χ4v) is 6.82. The van der Waals surface area contributed by atoms with Gasteiger partial charge in [0, 0.05) is 58.1 Å². The van der Waals surface area contributed by atoms with E-state index in [0.717, 1.165) is 24.9 Å². The van der Waals surface area contributed by atoms with E-state index < -0.39 is 21.8 Å². The van der Waals surface area contributed by atoms with Crippen molar-refractivity contribution in [2.24, 2.45) is 18.7 Å². The number of nitrogens with two attached hydrogens (primary N) is 1. The van der Waals surface area contributed by atoms with Crippen molar-refractivity contribution in [2.75, 3.05) is 37.6 Å². The number of carbonyl (C=O) groups is 3. The summed E-state index contributed by atoms with van der Waals surface area (Å²) in [7, 11) is -2.26. The summed E-state index contributed by atoms with van der Waals surface area (Å²) in [5, 5.41) is 0. The molecule has 1 aromatic heterocycles. The van der Waals surface area contributed by atoms with Crippen molar-refractivity contribution >= 4 is 33.4 Å². The predicted octanol–water partition coefficient (Wildman–Crippen LogP) is 0.499. The summed E-state index contributed by atoms with van der Waals surface area (Å²) < 4.78 is 28.8. The van der Waals surface area contributed by atoms with E-state index in [1.165, 1.54) is 32.3 Å². The topological polar surface area (TPSA) is 126 Å². The second kappa shape index (κ2) is 8.80. The number of primary amides is 1. The average molecular weight is 500 g/mol. The number of aryl methyl sites for hydroxylation is 3. The van der Waals surface area contributed by atoms with Gasteiger partial charge < -0.3 is 20.1 Å². The molecule has 0 saturated carbocycles. The number of sulfonamides is 1. The summed E-state index contributed by atoms with van der Waals surface area (Å²) in [6.07, 6.45) is 4.75. The van der Waals surface area contributed by atoms with Crippen molar-refractivity contribution in [2.45, 2.75) is 30.6 Å². The SMILES string of the molecule is Cn1cc(S(=O)(=O)N2CCN(C(=O)C3CC(=O)N(c4ccc5c(c4)CCC5)C3)CC2)cc1C(N)=O. The molecule has 0 spiro atoms. The van der Waals surface area contributed by atoms with Crippen LogP contribution in [0.15, 0.2) is 35.4 Å². The Morgan fingerprint density at radius 2 is 1.74 bits per heavy atom. The maximum Gasteiger partial charge on any atom is 0.265 e. The lowest BCUT2D eigenvalue weighted by molar-refractivity contribution is -0.136. The third-order valence-electron chi connectivity index (χ3n) is 7.29. The fourth-order valence-electron chi connectivity index (χ4n) is 5.33. The van der Waals surface area contributed by atoms with Crippen molar-refractivity contribution in [3.8, 4) is 0 Å². The number of aromatic nitrogens is 1. The molecule has 3 heterocycles. The van der Waals surface area contributed by atoms with Crippen LogP contribution < -0.4 is 10.6 Å². The van der Waals surface area contributed by atoms with Crippen LogP contribution in [-0.4, -0.2) is 72.6 Å². The van der Waals surface area contributed by atoms with Gasteiger partial charge in [0.25, 0.3) is 5.91 Å². The van der Waals surface area contributed by atoms with Crippen LogP contribution in [0.25, 0.3) is 0 Å². The van der Waals surface area contributed by atoms with E-state index in [2.05, 4.69) is 12.1 Å². The molecule has 1 atom stereocenters. The number of fused-ring (bicyclic) bond motifs is 1. The lowest BCUT2D eigenvalue weighted by atomic mass is 10.1. The number of benzene rings is 1. The Kier molecular flexibility index (Phi) is 5.92. The van der Waals surface area contributed by atoms with Crippen LogP contribution >= 0.6 is 0 Å². The molecule has 186 valence electrons. The van der Waals surface area contributed by atoms with Crippen LogP contribution in [0.2, 0.25) is 0 Å². The summed E-state index contributed by atoms with van der Waals surface area (Å²) in [5.41, 5.74) is 8.87. The number of hydrogen-bond acceptors (Lipinski definition) is 5. The second-order valence-corrected chi connectivity index (χ2v) is 11.4. The lowest BCUT2D eigenvalue weighted by Gasteiger charge is -2.35. The molecule has 3 aliphatic rings. The van der Waals surface area contributed by atoms with Gasteiger partial charge in [-0.1, -0.05) is 6.07 Å². The van der Waals surface area contributed by atoms with E-state index in [9.17, 15) is 22.8 Å². The zero-order valence-corrected chi connectivity index (χ0v) is 20.5. The van der Waals surface area contributed by atoms with Crippen LogP contribution in [-0.2, 0) is 39.5 Å². The highest BCUT2D eigenvalue weighted by Crippen LogP contribution is 2.31. The van der Waals surface area contributed by atoms with Crippen LogP contribution in [0, 0.1) is 5.92 Å². The minimum Gasteiger partial charge on any atom is -0.364 e. The first kappa shape index (κ1) is 23.6. The van der Waals surface area contributed by atoms with Gasteiger partial charge >= 0.3 is 0 Å². The smallest absolute Gasteiger partial charge is 0.265 e. The number of nitrogens with zero attached hydrogens (tertiary/aromatic N) is 4. The number of anilines is 1. The van der Waals surface area contributed by atoms with Crippen LogP contribution in [0.4, 0.5) is 5.69 Å². The standard InChI is InChI=1S/C24H29N5O5S/c1-26-15-20(13-21(26)23(25)31)35(33,34)28-9-7-27(8-10-28)24(32)18-12-22(30)29(14-18)19-6-5-16-3-2-4-17(16)11-19/h5-6,11,13,15,18H,2-4,7-10,12,14H2,1H3,(H2,25,31). The van der Waals surface area contributed by atoms with Gasteiger partial charge in [0.1, 0.15) is 10.6 Å². The first-order valence-corrected chi connectivity index (χ1v) is 13.3. The number of piperazine rings is 1. The van der Waals surface area contributed by atoms with Gasteiger partial charge in [-0.05, 0) is 48.6 Å². The Morgan fingerprint density at radius 1 is 1.03 bits per heavy atom. The molecule has 3 amide bonds. The van der Waals surface area contributed by atoms with E-state index in [1.54, 1.807) is 16.8 Å². The summed E-state index contributed by atoms with van der Waals surface area (Å²) in [6, 6.07) is 7.39. The van der Waals surface area contributed by atoms with Crippen LogP contribution in [0.1, 0.15) is 34.5 Å². The number of amides is 3. The zero-order valence-electron chi connectivity index (χ0n) is 19.6. The van der Waals surface area contributed by atoms with Gasteiger partial charge in [-0.2, -0.15) is 4.31 Å². The molecule has 35 heavy (non-hydrogen) atoms. The fraction of sp³-hybridized carbons (Fsp3) is 0.458. The van der Waals surface area contributed by atoms with Crippen LogP contribution in [0.3, 0.4) is 0 Å². The van der Waals surface area contributed by atoms with Gasteiger partial charge in [-0.25, -0.2) is 8.42 Å². The minimum atomic E-state index is -3.82. The van der Waals surface area contributed by atoms with E-state index in [0.29, 0.717) is 6.54 Å². The Labute approximate surface area is 204 Å². The molecule has 1 aromatic carbocycles. The normalized spacial score (nSPS) is 20.9. The van der Waals surface area contributed by atoms with E-state index >= 15 is 0 Å². The van der Waals surface area contributed by atoms with Gasteiger partial charge in [0.2, 0.25) is 21.8 Å². The summed E-state index contributed by atoms with van der Waals surface area (Å²) in [4.78, 5) is 40.7. The average Bonchev–Trinajstić information content (AvgIpc) is 3.56. The molecule has 2 N–H and O–H groups in total. The lowest BCUT2D eigenvalue weighted by Crippen LogP contribution is -2.52. The van der Waals surface area contributed by atoms with Crippen LogP contribution in [0.5, 0.6) is 0 Å². The molecule has 0 bridgehead atoms. The van der Waals surface area contributed by atoms with E-state index in [-0.39, 0.29) is 55.0 Å². The van der Waals surface area contributed by atoms with Crippen molar-refractivity contribution in [3.63, 3.8) is 0 Å². The van der Waals surface area contributed by atoms with E-state index in [1.807, 2.05) is 6.07 Å². The molecular formula is C24H29N5O5S. The second-order valence-electron chi connectivity index (χ2n) is 9.48. The molecule has 0 radical (unpaired) electrons. The summed E-state index contributed by atoms with van der Waals surface area (Å²) >= 11 is 0. The third kappa shape index (κ3) is 4.23. The molecule has 5 rings (SSSR count). The molecule has 2 aromatic rings. The van der Waals surface area contributed by atoms with Gasteiger partial charge in [0.05, 0.1) is 5.92 Å². The van der Waals surface area contributed by atoms with Crippen molar-refractivity contribution in [3.05, 3.63) is 47.3 Å². The molecule has 2 saturated heterocycles. The maximum absolute atomic E-state index is 13.2. The summed E-state index contributed by atoms with van der Waals surface area (Å²) in [5.74, 6) is -1.32. The van der Waals surface area contributed by atoms with Crippen molar-refractivity contribution in [1.82, 2.24) is 13.8 Å². The molecule has 1 aliphatic carbocycles. The molecule has 10 nitrogen and oxygen atoms in total. The Balaban J connectivity index is 1.22. The molecule has 11 heteroatoms. The van der Waals surface area contributed by atoms with Gasteiger partial charge in [0.15, 0.2) is 0 Å². The number of carbonyl (C=O) groups excluding carboxylic acids is 3. The zero-order chi connectivity index (χ0) is 24.9. The quantitative estimate of drug-likeness (QED) is 0.641. The monoisotopic (exact) mass is 499 g/mol. The Bertz CT molecular complexity index is 1310. The molecule has 1 unspecified atom stereocenters. The Morgan fingerprint density at radius 3 is 2.43 bits per heavy atom.